The number of rotatable bonds is 3. The van der Waals surface area contributed by atoms with E-state index in [1.807, 2.05) is 12.1 Å². The van der Waals surface area contributed by atoms with Crippen molar-refractivity contribution in [2.45, 2.75) is 57.9 Å². The maximum atomic E-state index is 6.66. The van der Waals surface area contributed by atoms with E-state index in [4.69, 9.17) is 17.3 Å². The first kappa shape index (κ1) is 14.9. The predicted molar refractivity (Wildman–Crippen MR) is 83.5 cm³/mol. The van der Waals surface area contributed by atoms with Crippen molar-refractivity contribution < 1.29 is 0 Å². The second-order valence-corrected chi connectivity index (χ2v) is 6.97. The predicted octanol–water partition coefficient (Wildman–Crippen LogP) is 4.82. The SMILES string of the molecule is CC(C)C1CCCC(N)(Cc2ccccc2Cl)CC1. The first-order chi connectivity index (χ1) is 9.00. The molecular weight excluding hydrogens is 254 g/mol. The Hall–Kier alpha value is -0.530. The van der Waals surface area contributed by atoms with E-state index in [0.29, 0.717) is 0 Å². The third-order valence-electron chi connectivity index (χ3n) is 4.71. The van der Waals surface area contributed by atoms with Crippen LogP contribution in [-0.4, -0.2) is 5.54 Å². The number of hydrogen-bond acceptors (Lipinski definition) is 1. The fourth-order valence-corrected chi connectivity index (χ4v) is 3.53. The van der Waals surface area contributed by atoms with E-state index >= 15 is 0 Å². The number of hydrogen-bond donors (Lipinski definition) is 1. The fraction of sp³-hybridized carbons (Fsp3) is 0.647. The molecule has 2 atom stereocenters. The molecule has 2 unspecified atom stereocenters. The summed E-state index contributed by atoms with van der Waals surface area (Å²) in [6, 6.07) is 8.12. The fourth-order valence-electron chi connectivity index (χ4n) is 3.32. The van der Waals surface area contributed by atoms with Crippen molar-refractivity contribution in [3.8, 4) is 0 Å². The van der Waals surface area contributed by atoms with E-state index in [1.165, 1.54) is 24.8 Å². The molecule has 0 bridgehead atoms. The standard InChI is InChI=1S/C17H26ClN/c1-13(2)14-7-5-10-17(19,11-9-14)12-15-6-3-4-8-16(15)18/h3-4,6,8,13-14H,5,7,9-12,19H2,1-2H3. The van der Waals surface area contributed by atoms with Crippen LogP contribution in [0.4, 0.5) is 0 Å². The molecule has 1 aromatic carbocycles. The number of benzene rings is 1. The van der Waals surface area contributed by atoms with Crippen LogP contribution < -0.4 is 5.73 Å². The molecule has 2 heteroatoms. The van der Waals surface area contributed by atoms with Crippen molar-refractivity contribution in [3.63, 3.8) is 0 Å². The van der Waals surface area contributed by atoms with Gasteiger partial charge >= 0.3 is 0 Å². The minimum absolute atomic E-state index is 0.0609. The molecule has 2 rings (SSSR count). The van der Waals surface area contributed by atoms with E-state index in [0.717, 1.165) is 36.1 Å². The summed E-state index contributed by atoms with van der Waals surface area (Å²) in [6.07, 6.45) is 7.02. The van der Waals surface area contributed by atoms with Gasteiger partial charge in [-0.05, 0) is 49.1 Å². The summed E-state index contributed by atoms with van der Waals surface area (Å²) in [5.74, 6) is 1.62. The van der Waals surface area contributed by atoms with E-state index in [2.05, 4.69) is 26.0 Å². The lowest BCUT2D eigenvalue weighted by atomic mass is 9.83. The largest absolute Gasteiger partial charge is 0.325 e. The van der Waals surface area contributed by atoms with Gasteiger partial charge in [0.05, 0.1) is 0 Å². The first-order valence-corrected chi connectivity index (χ1v) is 7.90. The molecule has 0 aliphatic heterocycles. The second kappa shape index (κ2) is 6.28. The van der Waals surface area contributed by atoms with Gasteiger partial charge in [0.15, 0.2) is 0 Å². The summed E-state index contributed by atoms with van der Waals surface area (Å²) in [6.45, 7) is 4.67. The Labute approximate surface area is 122 Å². The Bertz CT molecular complexity index is 415. The van der Waals surface area contributed by atoms with Crippen LogP contribution in [-0.2, 0) is 6.42 Å². The highest BCUT2D eigenvalue weighted by atomic mass is 35.5. The maximum absolute atomic E-state index is 6.66. The van der Waals surface area contributed by atoms with Gasteiger partial charge in [0.1, 0.15) is 0 Å². The van der Waals surface area contributed by atoms with E-state index in [9.17, 15) is 0 Å². The highest BCUT2D eigenvalue weighted by molar-refractivity contribution is 6.31. The minimum atomic E-state index is -0.0609. The van der Waals surface area contributed by atoms with Crippen LogP contribution in [0, 0.1) is 11.8 Å². The van der Waals surface area contributed by atoms with Crippen molar-refractivity contribution in [1.29, 1.82) is 0 Å². The van der Waals surface area contributed by atoms with Crippen molar-refractivity contribution in [2.24, 2.45) is 17.6 Å². The molecule has 0 heterocycles. The van der Waals surface area contributed by atoms with Crippen LogP contribution in [0.25, 0.3) is 0 Å². The van der Waals surface area contributed by atoms with Gasteiger partial charge in [-0.2, -0.15) is 0 Å². The van der Waals surface area contributed by atoms with Crippen molar-refractivity contribution in [1.82, 2.24) is 0 Å². The van der Waals surface area contributed by atoms with Crippen LogP contribution >= 0.6 is 11.6 Å². The molecule has 19 heavy (non-hydrogen) atoms. The summed E-state index contributed by atoms with van der Waals surface area (Å²) in [7, 11) is 0. The van der Waals surface area contributed by atoms with Crippen LogP contribution in [0.5, 0.6) is 0 Å². The minimum Gasteiger partial charge on any atom is -0.325 e. The average molecular weight is 280 g/mol. The monoisotopic (exact) mass is 279 g/mol. The third-order valence-corrected chi connectivity index (χ3v) is 5.07. The Morgan fingerprint density at radius 1 is 1.26 bits per heavy atom. The Morgan fingerprint density at radius 3 is 2.68 bits per heavy atom. The molecule has 0 spiro atoms. The van der Waals surface area contributed by atoms with Gasteiger partial charge in [0.25, 0.3) is 0 Å². The lowest BCUT2D eigenvalue weighted by molar-refractivity contribution is 0.322. The number of halogens is 1. The maximum Gasteiger partial charge on any atom is 0.0438 e. The molecule has 1 aliphatic rings. The van der Waals surface area contributed by atoms with Crippen LogP contribution in [0.2, 0.25) is 5.02 Å². The summed E-state index contributed by atoms with van der Waals surface area (Å²) in [5.41, 5.74) is 7.81. The van der Waals surface area contributed by atoms with E-state index in [-0.39, 0.29) is 5.54 Å². The topological polar surface area (TPSA) is 26.0 Å². The second-order valence-electron chi connectivity index (χ2n) is 6.57. The molecule has 2 N–H and O–H groups in total. The highest BCUT2D eigenvalue weighted by Gasteiger charge is 2.30. The smallest absolute Gasteiger partial charge is 0.0438 e. The van der Waals surface area contributed by atoms with Gasteiger partial charge in [0.2, 0.25) is 0 Å². The highest BCUT2D eigenvalue weighted by Crippen LogP contribution is 2.35. The average Bonchev–Trinajstić information content (AvgIpc) is 2.55. The van der Waals surface area contributed by atoms with Crippen molar-refractivity contribution in [2.75, 3.05) is 0 Å². The summed E-state index contributed by atoms with van der Waals surface area (Å²) >= 11 is 6.27. The first-order valence-electron chi connectivity index (χ1n) is 7.52. The number of nitrogens with two attached hydrogens (primary N) is 1. The molecule has 0 amide bonds. The molecule has 1 aromatic rings. The summed E-state index contributed by atoms with van der Waals surface area (Å²) < 4.78 is 0. The molecule has 1 fully saturated rings. The van der Waals surface area contributed by atoms with Gasteiger partial charge in [-0.25, -0.2) is 0 Å². The molecule has 0 radical (unpaired) electrons. The van der Waals surface area contributed by atoms with E-state index < -0.39 is 0 Å². The van der Waals surface area contributed by atoms with Crippen LogP contribution in [0.3, 0.4) is 0 Å². The van der Waals surface area contributed by atoms with Crippen LogP contribution in [0.15, 0.2) is 24.3 Å². The molecule has 1 saturated carbocycles. The Kier molecular flexibility index (Phi) is 4.92. The zero-order valence-corrected chi connectivity index (χ0v) is 12.9. The normalized spacial score (nSPS) is 28.4. The molecule has 1 nitrogen and oxygen atoms in total. The summed E-state index contributed by atoms with van der Waals surface area (Å²) in [4.78, 5) is 0. The molecule has 106 valence electrons. The van der Waals surface area contributed by atoms with Gasteiger partial charge in [-0.3, -0.25) is 0 Å². The molecule has 1 aliphatic carbocycles. The lowest BCUT2D eigenvalue weighted by Crippen LogP contribution is -2.41. The van der Waals surface area contributed by atoms with Gasteiger partial charge in [-0.1, -0.05) is 56.5 Å². The third kappa shape index (κ3) is 3.97. The van der Waals surface area contributed by atoms with Gasteiger partial charge in [0, 0.05) is 10.6 Å². The van der Waals surface area contributed by atoms with Crippen molar-refractivity contribution in [3.05, 3.63) is 34.9 Å². The van der Waals surface area contributed by atoms with Crippen molar-refractivity contribution >= 4 is 11.6 Å². The van der Waals surface area contributed by atoms with E-state index in [1.54, 1.807) is 0 Å². The Balaban J connectivity index is 2.05. The molecule has 0 saturated heterocycles. The molecular formula is C17H26ClN. The summed E-state index contributed by atoms with van der Waals surface area (Å²) in [5, 5.41) is 0.858. The van der Waals surface area contributed by atoms with Crippen LogP contribution in [0.1, 0.15) is 51.5 Å². The van der Waals surface area contributed by atoms with Gasteiger partial charge in [-0.15, -0.1) is 0 Å². The Morgan fingerprint density at radius 2 is 2.00 bits per heavy atom. The van der Waals surface area contributed by atoms with Gasteiger partial charge < -0.3 is 5.73 Å². The quantitative estimate of drug-likeness (QED) is 0.789. The lowest BCUT2D eigenvalue weighted by Gasteiger charge is -2.29. The molecule has 0 aromatic heterocycles. The zero-order chi connectivity index (χ0) is 13.9. The zero-order valence-electron chi connectivity index (χ0n) is 12.2.